The second-order valence-electron chi connectivity index (χ2n) is 7.61. The van der Waals surface area contributed by atoms with Crippen LogP contribution in [0.1, 0.15) is 21.5 Å². The van der Waals surface area contributed by atoms with Gasteiger partial charge in [0.1, 0.15) is 12.4 Å². The summed E-state index contributed by atoms with van der Waals surface area (Å²) in [6.07, 6.45) is 1.56. The van der Waals surface area contributed by atoms with E-state index < -0.39 is 11.1 Å². The predicted molar refractivity (Wildman–Crippen MR) is 145 cm³/mol. The van der Waals surface area contributed by atoms with E-state index in [2.05, 4.69) is 22.6 Å². The van der Waals surface area contributed by atoms with Gasteiger partial charge in [0.25, 0.3) is 11.1 Å². The Morgan fingerprint density at radius 2 is 1.86 bits per heavy atom. The molecule has 0 aromatic heterocycles. The maximum absolute atomic E-state index is 13.9. The SMILES string of the molecule is COc1cc(/C=C2/SC(=O)N(CC(=O)c3ccc(Cl)cc3)C2=O)cc(I)c1OCc1ccccc1F. The highest BCUT2D eigenvalue weighted by molar-refractivity contribution is 14.1. The number of carbonyl (C=O) groups is 3. The van der Waals surface area contributed by atoms with Crippen LogP contribution in [0.2, 0.25) is 5.02 Å². The van der Waals surface area contributed by atoms with E-state index >= 15 is 0 Å². The highest BCUT2D eigenvalue weighted by Gasteiger charge is 2.36. The van der Waals surface area contributed by atoms with Crippen molar-refractivity contribution >= 4 is 69.0 Å². The summed E-state index contributed by atoms with van der Waals surface area (Å²) in [4.78, 5) is 39.0. The zero-order chi connectivity index (χ0) is 25.8. The summed E-state index contributed by atoms with van der Waals surface area (Å²) in [5.74, 6) is -0.473. The number of hydrogen-bond donors (Lipinski definition) is 0. The number of benzene rings is 3. The molecular formula is C26H18ClFINO5S. The summed E-state index contributed by atoms with van der Waals surface area (Å²) < 4.78 is 25.9. The number of hydrogen-bond acceptors (Lipinski definition) is 6. The van der Waals surface area contributed by atoms with Crippen molar-refractivity contribution in [2.75, 3.05) is 13.7 Å². The Morgan fingerprint density at radius 3 is 2.56 bits per heavy atom. The number of Topliss-reactive ketones (excluding diaryl/α,β-unsaturated/α-hetero) is 1. The Hall–Kier alpha value is -2.89. The summed E-state index contributed by atoms with van der Waals surface area (Å²) in [5.41, 5.74) is 1.36. The average molecular weight is 638 g/mol. The molecule has 1 aliphatic heterocycles. The minimum atomic E-state index is -0.554. The fraction of sp³-hybridized carbons (Fsp3) is 0.115. The predicted octanol–water partition coefficient (Wildman–Crippen LogP) is 6.59. The maximum atomic E-state index is 13.9. The Bertz CT molecular complexity index is 1380. The van der Waals surface area contributed by atoms with Gasteiger partial charge in [-0.05, 0) is 88.5 Å². The van der Waals surface area contributed by atoms with Gasteiger partial charge in [-0.15, -0.1) is 0 Å². The standard InChI is InChI=1S/C26H18ClFINO5S/c1-34-22-11-15(10-20(29)24(22)35-14-17-4-2-3-5-19(17)28)12-23-25(32)30(26(33)36-23)13-21(31)16-6-8-18(27)9-7-16/h2-12H,13-14H2,1H3/b23-12+. The van der Waals surface area contributed by atoms with Crippen LogP contribution in [0, 0.1) is 9.39 Å². The Morgan fingerprint density at radius 1 is 1.14 bits per heavy atom. The van der Waals surface area contributed by atoms with Crippen LogP contribution in [0.5, 0.6) is 11.5 Å². The molecule has 0 N–H and O–H groups in total. The lowest BCUT2D eigenvalue weighted by molar-refractivity contribution is -0.122. The number of carbonyl (C=O) groups excluding carboxylic acids is 3. The molecule has 1 heterocycles. The zero-order valence-electron chi connectivity index (χ0n) is 18.8. The van der Waals surface area contributed by atoms with E-state index in [4.69, 9.17) is 21.1 Å². The van der Waals surface area contributed by atoms with Crippen molar-refractivity contribution in [1.82, 2.24) is 4.90 Å². The fourth-order valence-corrected chi connectivity index (χ4v) is 5.13. The van der Waals surface area contributed by atoms with Crippen molar-refractivity contribution < 1.29 is 28.2 Å². The molecule has 0 saturated carbocycles. The van der Waals surface area contributed by atoms with Gasteiger partial charge in [-0.1, -0.05) is 29.8 Å². The first-order chi connectivity index (χ1) is 17.3. The van der Waals surface area contributed by atoms with Gasteiger partial charge in [-0.3, -0.25) is 19.3 Å². The molecule has 10 heteroatoms. The van der Waals surface area contributed by atoms with Crippen molar-refractivity contribution in [3.8, 4) is 11.5 Å². The van der Waals surface area contributed by atoms with Gasteiger partial charge in [0, 0.05) is 16.1 Å². The molecule has 0 unspecified atom stereocenters. The summed E-state index contributed by atoms with van der Waals surface area (Å²) in [6, 6.07) is 16.0. The Labute approximate surface area is 229 Å². The van der Waals surface area contributed by atoms with Crippen LogP contribution < -0.4 is 9.47 Å². The third kappa shape index (κ3) is 5.91. The van der Waals surface area contributed by atoms with Crippen molar-refractivity contribution in [3.05, 3.63) is 96.7 Å². The molecule has 2 amide bonds. The number of ether oxygens (including phenoxy) is 2. The summed E-state index contributed by atoms with van der Waals surface area (Å²) in [7, 11) is 1.47. The number of rotatable bonds is 8. The molecule has 0 bridgehead atoms. The van der Waals surface area contributed by atoms with Crippen LogP contribution in [-0.4, -0.2) is 35.5 Å². The molecule has 6 nitrogen and oxygen atoms in total. The van der Waals surface area contributed by atoms with Crippen LogP contribution in [0.3, 0.4) is 0 Å². The summed E-state index contributed by atoms with van der Waals surface area (Å²) >= 11 is 8.67. The Kier molecular flexibility index (Phi) is 8.32. The van der Waals surface area contributed by atoms with E-state index in [0.717, 1.165) is 16.7 Å². The van der Waals surface area contributed by atoms with E-state index in [1.54, 1.807) is 60.7 Å². The van der Waals surface area contributed by atoms with Gasteiger partial charge < -0.3 is 9.47 Å². The molecule has 0 spiro atoms. The molecule has 1 saturated heterocycles. The largest absolute Gasteiger partial charge is 0.493 e. The number of halogens is 3. The molecule has 3 aromatic carbocycles. The molecule has 4 rings (SSSR count). The monoisotopic (exact) mass is 637 g/mol. The second kappa shape index (κ2) is 11.4. The lowest BCUT2D eigenvalue weighted by Crippen LogP contribution is -2.33. The minimum Gasteiger partial charge on any atom is -0.493 e. The number of thioether (sulfide) groups is 1. The molecule has 0 atom stereocenters. The van der Waals surface area contributed by atoms with E-state index in [-0.39, 0.29) is 29.7 Å². The molecule has 36 heavy (non-hydrogen) atoms. The average Bonchev–Trinajstić information content (AvgIpc) is 3.11. The van der Waals surface area contributed by atoms with Gasteiger partial charge in [0.2, 0.25) is 0 Å². The van der Waals surface area contributed by atoms with Crippen LogP contribution in [-0.2, 0) is 11.4 Å². The number of methoxy groups -OCH3 is 1. The molecule has 3 aromatic rings. The third-order valence-electron chi connectivity index (χ3n) is 5.22. The summed E-state index contributed by atoms with van der Waals surface area (Å²) in [6.45, 7) is -0.355. The third-order valence-corrected chi connectivity index (χ3v) is 7.18. The number of imide groups is 1. The number of nitrogens with zero attached hydrogens (tertiary/aromatic N) is 1. The normalized spacial score (nSPS) is 14.4. The first-order valence-electron chi connectivity index (χ1n) is 10.5. The smallest absolute Gasteiger partial charge is 0.293 e. The minimum absolute atomic E-state index is 0.0128. The van der Waals surface area contributed by atoms with Crippen LogP contribution >= 0.6 is 46.0 Å². The molecule has 0 aliphatic carbocycles. The maximum Gasteiger partial charge on any atom is 0.293 e. The zero-order valence-corrected chi connectivity index (χ0v) is 22.5. The van der Waals surface area contributed by atoms with E-state index in [1.165, 1.54) is 13.2 Å². The first kappa shape index (κ1) is 26.2. The number of ketones is 1. The molecule has 184 valence electrons. The fourth-order valence-electron chi connectivity index (χ4n) is 3.39. The highest BCUT2D eigenvalue weighted by Crippen LogP contribution is 2.37. The highest BCUT2D eigenvalue weighted by atomic mass is 127. The lowest BCUT2D eigenvalue weighted by atomic mass is 10.1. The van der Waals surface area contributed by atoms with Gasteiger partial charge in [-0.25, -0.2) is 4.39 Å². The van der Waals surface area contributed by atoms with Gasteiger partial charge in [-0.2, -0.15) is 0 Å². The summed E-state index contributed by atoms with van der Waals surface area (Å²) in [5, 5.41) is -0.0468. The molecule has 1 fully saturated rings. The van der Waals surface area contributed by atoms with E-state index in [1.807, 2.05) is 0 Å². The Balaban J connectivity index is 1.51. The van der Waals surface area contributed by atoms with Crippen molar-refractivity contribution in [2.45, 2.75) is 6.61 Å². The van der Waals surface area contributed by atoms with E-state index in [0.29, 0.717) is 36.8 Å². The van der Waals surface area contributed by atoms with E-state index in [9.17, 15) is 18.8 Å². The second-order valence-corrected chi connectivity index (χ2v) is 10.2. The van der Waals surface area contributed by atoms with Crippen LogP contribution in [0.15, 0.2) is 65.6 Å². The topological polar surface area (TPSA) is 72.9 Å². The van der Waals surface area contributed by atoms with Gasteiger partial charge in [0.05, 0.1) is 22.1 Å². The van der Waals surface area contributed by atoms with Gasteiger partial charge >= 0.3 is 0 Å². The lowest BCUT2D eigenvalue weighted by Gasteiger charge is -2.14. The number of amides is 2. The molecular weight excluding hydrogens is 620 g/mol. The van der Waals surface area contributed by atoms with Crippen molar-refractivity contribution in [1.29, 1.82) is 0 Å². The molecule has 0 radical (unpaired) electrons. The van der Waals surface area contributed by atoms with Crippen molar-refractivity contribution in [2.24, 2.45) is 0 Å². The van der Waals surface area contributed by atoms with Crippen molar-refractivity contribution in [3.63, 3.8) is 0 Å². The van der Waals surface area contributed by atoms with Crippen LogP contribution in [0.25, 0.3) is 6.08 Å². The molecule has 1 aliphatic rings. The first-order valence-corrected chi connectivity index (χ1v) is 12.8. The quantitative estimate of drug-likeness (QED) is 0.158. The van der Waals surface area contributed by atoms with Crippen LogP contribution in [0.4, 0.5) is 9.18 Å². The van der Waals surface area contributed by atoms with Gasteiger partial charge in [0.15, 0.2) is 17.3 Å².